The molecule has 0 aromatic heterocycles. The Labute approximate surface area is 146 Å². The molecule has 2 saturated heterocycles. The van der Waals surface area contributed by atoms with Crippen LogP contribution < -0.4 is 11.2 Å². The molecule has 10 nitrogen and oxygen atoms in total. The summed E-state index contributed by atoms with van der Waals surface area (Å²) in [7, 11) is -3.81. The van der Waals surface area contributed by atoms with Crippen LogP contribution in [-0.4, -0.2) is 67.9 Å². The lowest BCUT2D eigenvalue weighted by Crippen LogP contribution is -2.50. The molecule has 25 heavy (non-hydrogen) atoms. The Morgan fingerprint density at radius 2 is 2.08 bits per heavy atom. The third kappa shape index (κ3) is 4.05. The second-order valence-electron chi connectivity index (χ2n) is 6.92. The van der Waals surface area contributed by atoms with Gasteiger partial charge in [0, 0.05) is 12.6 Å². The topological polar surface area (TPSA) is 131 Å². The first-order chi connectivity index (χ1) is 11.8. The van der Waals surface area contributed by atoms with E-state index >= 15 is 0 Å². The Bertz CT molecular complexity index is 637. The molecule has 3 aliphatic rings. The number of rotatable bonds is 7. The van der Waals surface area contributed by atoms with Gasteiger partial charge in [0.2, 0.25) is 0 Å². The van der Waals surface area contributed by atoms with E-state index in [1.807, 2.05) is 0 Å². The fraction of sp³-hybridized carbons (Fsp3) is 0.857. The largest absolute Gasteiger partial charge is 0.346 e. The number of piperidine rings is 1. The molecule has 0 spiro atoms. The SMILES string of the molecule is CS(=O)(=O)ON1C(=O)N2C[C@H]1CC[C@H]2C(=O)NOCC(N)C1CCC1. The molecule has 3 atom stereocenters. The molecule has 3 N–H and O–H groups in total. The Balaban J connectivity index is 1.51. The Hall–Kier alpha value is -1.43. The predicted octanol–water partition coefficient (Wildman–Crippen LogP) is -0.679. The van der Waals surface area contributed by atoms with Crippen molar-refractivity contribution in [1.82, 2.24) is 15.4 Å². The van der Waals surface area contributed by atoms with E-state index in [0.29, 0.717) is 18.8 Å². The number of carbonyl (C=O) groups is 2. The Kier molecular flexibility index (Phi) is 5.19. The van der Waals surface area contributed by atoms with Gasteiger partial charge >= 0.3 is 6.03 Å². The highest BCUT2D eigenvalue weighted by atomic mass is 32.2. The van der Waals surface area contributed by atoms with E-state index in [0.717, 1.165) is 24.2 Å². The number of urea groups is 1. The van der Waals surface area contributed by atoms with Crippen LogP contribution in [0.5, 0.6) is 0 Å². The van der Waals surface area contributed by atoms with E-state index in [1.165, 1.54) is 11.3 Å². The van der Waals surface area contributed by atoms with Crippen LogP contribution in [0, 0.1) is 5.92 Å². The molecule has 0 radical (unpaired) electrons. The van der Waals surface area contributed by atoms with Crippen LogP contribution in [-0.2, 0) is 24.0 Å². The highest BCUT2D eigenvalue weighted by molar-refractivity contribution is 7.85. The normalized spacial score (nSPS) is 28.0. The van der Waals surface area contributed by atoms with Crippen molar-refractivity contribution in [1.29, 1.82) is 0 Å². The van der Waals surface area contributed by atoms with Gasteiger partial charge in [0.15, 0.2) is 0 Å². The highest BCUT2D eigenvalue weighted by Gasteiger charge is 2.49. The van der Waals surface area contributed by atoms with Crippen molar-refractivity contribution >= 4 is 22.1 Å². The number of hydroxylamine groups is 3. The summed E-state index contributed by atoms with van der Waals surface area (Å²) < 4.78 is 27.3. The predicted molar refractivity (Wildman–Crippen MR) is 86.1 cm³/mol. The highest BCUT2D eigenvalue weighted by Crippen LogP contribution is 2.31. The maximum absolute atomic E-state index is 12.3. The number of nitrogens with two attached hydrogens (primary N) is 1. The van der Waals surface area contributed by atoms with E-state index in [9.17, 15) is 18.0 Å². The molecule has 1 unspecified atom stereocenters. The molecule has 0 aromatic rings. The Morgan fingerprint density at radius 1 is 1.36 bits per heavy atom. The Morgan fingerprint density at radius 3 is 2.68 bits per heavy atom. The third-order valence-corrected chi connectivity index (χ3v) is 5.48. The molecule has 3 rings (SSSR count). The molecule has 2 aliphatic heterocycles. The maximum Gasteiger partial charge on any atom is 0.346 e. The van der Waals surface area contributed by atoms with Gasteiger partial charge in [-0.3, -0.25) is 9.63 Å². The maximum atomic E-state index is 12.3. The zero-order chi connectivity index (χ0) is 18.2. The van der Waals surface area contributed by atoms with Crippen LogP contribution in [0.3, 0.4) is 0 Å². The van der Waals surface area contributed by atoms with Crippen molar-refractivity contribution in [2.45, 2.75) is 50.2 Å². The lowest BCUT2D eigenvalue weighted by Gasteiger charge is -2.31. The van der Waals surface area contributed by atoms with E-state index in [-0.39, 0.29) is 25.2 Å². The number of fused-ring (bicyclic) bond motifs is 2. The van der Waals surface area contributed by atoms with Crippen molar-refractivity contribution in [3.63, 3.8) is 0 Å². The smallest absolute Gasteiger partial charge is 0.325 e. The standard InChI is InChI=1S/C14H24N4O6S/c1-25(21,22)24-18-10-5-6-12(17(7-10)14(18)20)13(19)16-23-8-11(15)9-3-2-4-9/h9-12H,2-8,15H2,1H3,(H,16,19)/t10-,11?,12+/m1/s1. The molecule has 1 saturated carbocycles. The van der Waals surface area contributed by atoms with Gasteiger partial charge in [0.05, 0.1) is 18.9 Å². The first-order valence-electron chi connectivity index (χ1n) is 8.43. The van der Waals surface area contributed by atoms with Crippen molar-refractivity contribution in [3.8, 4) is 0 Å². The molecular weight excluding hydrogens is 352 g/mol. The second kappa shape index (κ2) is 7.06. The number of hydrogen-bond acceptors (Lipinski definition) is 7. The molecule has 2 heterocycles. The summed E-state index contributed by atoms with van der Waals surface area (Å²) in [6.45, 7) is 0.469. The molecule has 1 aliphatic carbocycles. The van der Waals surface area contributed by atoms with E-state index < -0.39 is 28.1 Å². The third-order valence-electron chi connectivity index (χ3n) is 5.05. The second-order valence-corrected chi connectivity index (χ2v) is 8.48. The monoisotopic (exact) mass is 376 g/mol. The summed E-state index contributed by atoms with van der Waals surface area (Å²) >= 11 is 0. The first-order valence-corrected chi connectivity index (χ1v) is 10.2. The number of nitrogens with one attached hydrogen (secondary N) is 1. The first kappa shape index (κ1) is 18.4. The summed E-state index contributed by atoms with van der Waals surface area (Å²) in [5.41, 5.74) is 8.34. The minimum absolute atomic E-state index is 0.114. The molecular formula is C14H24N4O6S. The number of carbonyl (C=O) groups excluding carboxylic acids is 2. The van der Waals surface area contributed by atoms with E-state index in [2.05, 4.69) is 5.48 Å². The van der Waals surface area contributed by atoms with Crippen LogP contribution in [0.4, 0.5) is 4.79 Å². The lowest BCUT2D eigenvalue weighted by atomic mass is 9.80. The summed E-state index contributed by atoms with van der Waals surface area (Å²) in [6.07, 6.45) is 5.10. The van der Waals surface area contributed by atoms with Gasteiger partial charge in [0.1, 0.15) is 6.04 Å². The molecule has 11 heteroatoms. The fourth-order valence-corrected chi connectivity index (χ4v) is 3.91. The van der Waals surface area contributed by atoms with Gasteiger partial charge in [-0.25, -0.2) is 10.3 Å². The quantitative estimate of drug-likeness (QED) is 0.563. The number of nitrogens with zero attached hydrogens (tertiary/aromatic N) is 2. The molecule has 142 valence electrons. The van der Waals surface area contributed by atoms with Crippen molar-refractivity contribution in [2.75, 3.05) is 19.4 Å². The minimum atomic E-state index is -3.81. The van der Waals surface area contributed by atoms with Gasteiger partial charge in [-0.05, 0) is 31.6 Å². The minimum Gasteiger partial charge on any atom is -0.325 e. The van der Waals surface area contributed by atoms with Crippen LogP contribution in [0.1, 0.15) is 32.1 Å². The van der Waals surface area contributed by atoms with E-state index in [1.54, 1.807) is 0 Å². The fourth-order valence-electron chi connectivity index (χ4n) is 3.43. The van der Waals surface area contributed by atoms with Crippen LogP contribution in [0.25, 0.3) is 0 Å². The summed E-state index contributed by atoms with van der Waals surface area (Å²) in [5, 5.41) is 0.843. The average molecular weight is 376 g/mol. The summed E-state index contributed by atoms with van der Waals surface area (Å²) in [6, 6.07) is -1.83. The van der Waals surface area contributed by atoms with Gasteiger partial charge in [-0.15, -0.1) is 4.28 Å². The zero-order valence-electron chi connectivity index (χ0n) is 14.1. The molecule has 2 bridgehead atoms. The molecule has 3 fully saturated rings. The number of hydrogen-bond donors (Lipinski definition) is 2. The average Bonchev–Trinajstić information content (AvgIpc) is 2.69. The summed E-state index contributed by atoms with van der Waals surface area (Å²) in [5.74, 6) is 0.00279. The van der Waals surface area contributed by atoms with Crippen LogP contribution in [0.2, 0.25) is 0 Å². The van der Waals surface area contributed by atoms with Gasteiger partial charge in [-0.1, -0.05) is 6.42 Å². The van der Waals surface area contributed by atoms with Crippen LogP contribution >= 0.6 is 0 Å². The molecule has 3 amide bonds. The molecule has 0 aromatic carbocycles. The summed E-state index contributed by atoms with van der Waals surface area (Å²) in [4.78, 5) is 31.2. The van der Waals surface area contributed by atoms with Gasteiger partial charge < -0.3 is 10.6 Å². The lowest BCUT2D eigenvalue weighted by molar-refractivity contribution is -0.139. The van der Waals surface area contributed by atoms with Gasteiger partial charge in [0.25, 0.3) is 16.0 Å². The van der Waals surface area contributed by atoms with Crippen molar-refractivity contribution < 1.29 is 27.1 Å². The van der Waals surface area contributed by atoms with E-state index in [4.69, 9.17) is 14.9 Å². The number of amides is 3. The van der Waals surface area contributed by atoms with Crippen molar-refractivity contribution in [3.05, 3.63) is 0 Å². The van der Waals surface area contributed by atoms with Crippen molar-refractivity contribution in [2.24, 2.45) is 11.7 Å². The zero-order valence-corrected chi connectivity index (χ0v) is 14.9. The van der Waals surface area contributed by atoms with Gasteiger partial charge in [-0.2, -0.15) is 13.5 Å². The van der Waals surface area contributed by atoms with Crippen LogP contribution in [0.15, 0.2) is 0 Å².